The molecule has 0 atom stereocenters. The van der Waals surface area contributed by atoms with Gasteiger partial charge in [0.05, 0.1) is 17.0 Å². The molecule has 0 spiro atoms. The SMILES string of the molecule is Cc1cc2oc(=O)cc(CN3C(=O)c4cccc([N+](=O)[O-])c4C3=O)c2cc1Cl. The van der Waals surface area contributed by atoms with Gasteiger partial charge in [0.25, 0.3) is 17.5 Å². The predicted molar refractivity (Wildman–Crippen MR) is 99.5 cm³/mol. The van der Waals surface area contributed by atoms with Crippen molar-refractivity contribution in [3.63, 3.8) is 0 Å². The first kappa shape index (κ1) is 17.9. The Morgan fingerprint density at radius 1 is 1.14 bits per heavy atom. The van der Waals surface area contributed by atoms with E-state index >= 15 is 0 Å². The molecule has 4 rings (SSSR count). The van der Waals surface area contributed by atoms with Gasteiger partial charge < -0.3 is 4.42 Å². The highest BCUT2D eigenvalue weighted by molar-refractivity contribution is 6.32. The fourth-order valence-corrected chi connectivity index (χ4v) is 3.42. The summed E-state index contributed by atoms with van der Waals surface area (Å²) in [7, 11) is 0. The third kappa shape index (κ3) is 2.66. The van der Waals surface area contributed by atoms with E-state index < -0.39 is 28.1 Å². The van der Waals surface area contributed by atoms with Crippen LogP contribution in [0.3, 0.4) is 0 Å². The zero-order valence-corrected chi connectivity index (χ0v) is 15.1. The first-order valence-electron chi connectivity index (χ1n) is 8.14. The zero-order valence-electron chi connectivity index (χ0n) is 14.4. The van der Waals surface area contributed by atoms with E-state index in [4.69, 9.17) is 16.0 Å². The van der Waals surface area contributed by atoms with Gasteiger partial charge in [-0.1, -0.05) is 17.7 Å². The number of fused-ring (bicyclic) bond motifs is 2. The van der Waals surface area contributed by atoms with Crippen LogP contribution in [0.1, 0.15) is 31.8 Å². The van der Waals surface area contributed by atoms with Crippen LogP contribution < -0.4 is 5.63 Å². The van der Waals surface area contributed by atoms with Crippen molar-refractivity contribution in [1.82, 2.24) is 4.90 Å². The number of benzene rings is 2. The van der Waals surface area contributed by atoms with E-state index in [-0.39, 0.29) is 23.3 Å². The van der Waals surface area contributed by atoms with Crippen molar-refractivity contribution < 1.29 is 18.9 Å². The first-order valence-corrected chi connectivity index (χ1v) is 8.52. The molecule has 2 amide bonds. The highest BCUT2D eigenvalue weighted by Crippen LogP contribution is 2.33. The summed E-state index contributed by atoms with van der Waals surface area (Å²) in [6.07, 6.45) is 0. The van der Waals surface area contributed by atoms with Crippen LogP contribution in [0.4, 0.5) is 5.69 Å². The highest BCUT2D eigenvalue weighted by atomic mass is 35.5. The summed E-state index contributed by atoms with van der Waals surface area (Å²) >= 11 is 6.16. The molecule has 0 aliphatic carbocycles. The Morgan fingerprint density at radius 2 is 1.89 bits per heavy atom. The summed E-state index contributed by atoms with van der Waals surface area (Å²) in [4.78, 5) is 48.7. The van der Waals surface area contributed by atoms with Crippen molar-refractivity contribution in [3.05, 3.63) is 84.2 Å². The minimum absolute atomic E-state index is 0.0413. The molecule has 1 aliphatic heterocycles. The smallest absolute Gasteiger partial charge is 0.336 e. The molecule has 2 aromatic carbocycles. The molecule has 2 heterocycles. The van der Waals surface area contributed by atoms with Gasteiger partial charge in [-0.2, -0.15) is 0 Å². The van der Waals surface area contributed by atoms with Gasteiger partial charge in [0, 0.05) is 22.5 Å². The maximum Gasteiger partial charge on any atom is 0.336 e. The average molecular weight is 399 g/mol. The van der Waals surface area contributed by atoms with Crippen LogP contribution in [-0.4, -0.2) is 21.6 Å². The van der Waals surface area contributed by atoms with E-state index in [0.717, 1.165) is 4.90 Å². The normalized spacial score (nSPS) is 13.3. The van der Waals surface area contributed by atoms with Crippen LogP contribution in [0.5, 0.6) is 0 Å². The van der Waals surface area contributed by atoms with Crippen molar-refractivity contribution in [2.75, 3.05) is 0 Å². The molecule has 0 radical (unpaired) electrons. The van der Waals surface area contributed by atoms with E-state index in [1.807, 2.05) is 0 Å². The van der Waals surface area contributed by atoms with Crippen molar-refractivity contribution >= 4 is 40.1 Å². The number of amides is 2. The lowest BCUT2D eigenvalue weighted by molar-refractivity contribution is -0.385. The van der Waals surface area contributed by atoms with Crippen molar-refractivity contribution in [2.24, 2.45) is 0 Å². The third-order valence-electron chi connectivity index (χ3n) is 4.61. The van der Waals surface area contributed by atoms with Gasteiger partial charge in [-0.15, -0.1) is 0 Å². The number of rotatable bonds is 3. The Morgan fingerprint density at radius 3 is 2.61 bits per heavy atom. The third-order valence-corrected chi connectivity index (χ3v) is 5.02. The Kier molecular flexibility index (Phi) is 4.01. The van der Waals surface area contributed by atoms with Gasteiger partial charge in [-0.05, 0) is 36.2 Å². The highest BCUT2D eigenvalue weighted by Gasteiger charge is 2.41. The van der Waals surface area contributed by atoms with Gasteiger partial charge in [0.1, 0.15) is 11.1 Å². The van der Waals surface area contributed by atoms with E-state index in [1.165, 1.54) is 24.3 Å². The van der Waals surface area contributed by atoms with Crippen molar-refractivity contribution in [3.8, 4) is 0 Å². The number of hydrogen-bond donors (Lipinski definition) is 0. The molecule has 8 nitrogen and oxygen atoms in total. The van der Waals surface area contributed by atoms with Crippen molar-refractivity contribution in [2.45, 2.75) is 13.5 Å². The maximum absolute atomic E-state index is 12.8. The largest absolute Gasteiger partial charge is 0.423 e. The van der Waals surface area contributed by atoms with Gasteiger partial charge >= 0.3 is 5.63 Å². The monoisotopic (exact) mass is 398 g/mol. The summed E-state index contributed by atoms with van der Waals surface area (Å²) in [6.45, 7) is 1.50. The van der Waals surface area contributed by atoms with Crippen LogP contribution in [0, 0.1) is 17.0 Å². The molecule has 9 heteroatoms. The van der Waals surface area contributed by atoms with Crippen LogP contribution in [0.15, 0.2) is 45.6 Å². The fraction of sp³-hybridized carbons (Fsp3) is 0.105. The summed E-state index contributed by atoms with van der Waals surface area (Å²) < 4.78 is 5.18. The van der Waals surface area contributed by atoms with Gasteiger partial charge in [-0.25, -0.2) is 4.79 Å². The predicted octanol–water partition coefficient (Wildman–Crippen LogP) is 3.46. The molecule has 0 N–H and O–H groups in total. The number of nitrogens with zero attached hydrogens (tertiary/aromatic N) is 2. The molecule has 0 bridgehead atoms. The number of nitro groups is 1. The van der Waals surface area contributed by atoms with E-state index in [9.17, 15) is 24.5 Å². The van der Waals surface area contributed by atoms with Crippen LogP contribution >= 0.6 is 11.6 Å². The fourth-order valence-electron chi connectivity index (χ4n) is 3.26. The maximum atomic E-state index is 12.8. The Labute approximate surface area is 162 Å². The number of nitro benzene ring substituents is 1. The second-order valence-electron chi connectivity index (χ2n) is 6.34. The molecule has 28 heavy (non-hydrogen) atoms. The molecule has 3 aromatic rings. The summed E-state index contributed by atoms with van der Waals surface area (Å²) in [6, 6.07) is 8.23. The molecule has 1 aromatic heterocycles. The van der Waals surface area contributed by atoms with Gasteiger partial charge in [-0.3, -0.25) is 24.6 Å². The number of carbonyl (C=O) groups is 2. The topological polar surface area (TPSA) is 111 Å². The van der Waals surface area contributed by atoms with Crippen LogP contribution in [0.2, 0.25) is 5.02 Å². The van der Waals surface area contributed by atoms with E-state index in [1.54, 1.807) is 19.1 Å². The number of carbonyl (C=O) groups excluding carboxylic acids is 2. The number of aryl methyl sites for hydroxylation is 1. The second kappa shape index (κ2) is 6.28. The minimum atomic E-state index is -0.785. The first-order chi connectivity index (χ1) is 13.3. The number of imide groups is 1. The molecule has 0 fully saturated rings. The molecule has 140 valence electrons. The van der Waals surface area contributed by atoms with E-state index in [0.29, 0.717) is 21.5 Å². The van der Waals surface area contributed by atoms with Crippen LogP contribution in [-0.2, 0) is 6.54 Å². The van der Waals surface area contributed by atoms with E-state index in [2.05, 4.69) is 0 Å². The lowest BCUT2D eigenvalue weighted by Crippen LogP contribution is -2.29. The lowest BCUT2D eigenvalue weighted by Gasteiger charge is -2.15. The van der Waals surface area contributed by atoms with Gasteiger partial charge in [0.15, 0.2) is 0 Å². The molecule has 0 saturated carbocycles. The quantitative estimate of drug-likeness (QED) is 0.289. The second-order valence-corrected chi connectivity index (χ2v) is 6.75. The molecular weight excluding hydrogens is 388 g/mol. The summed E-state index contributed by atoms with van der Waals surface area (Å²) in [5.74, 6) is -1.45. The lowest BCUT2D eigenvalue weighted by atomic mass is 10.1. The van der Waals surface area contributed by atoms with Crippen molar-refractivity contribution in [1.29, 1.82) is 0 Å². The summed E-state index contributed by atoms with van der Waals surface area (Å²) in [5.41, 5.74) is -0.0524. The van der Waals surface area contributed by atoms with Crippen LogP contribution in [0.25, 0.3) is 11.0 Å². The minimum Gasteiger partial charge on any atom is -0.423 e. The Hall–Kier alpha value is -3.52. The molecule has 0 saturated heterocycles. The molecular formula is C19H11ClN2O6. The Balaban J connectivity index is 1.83. The van der Waals surface area contributed by atoms with Gasteiger partial charge in [0.2, 0.25) is 0 Å². The standard InChI is InChI=1S/C19H11ClN2O6/c1-9-5-15-12(7-13(9)20)10(6-16(23)28-15)8-21-18(24)11-3-2-4-14(22(26)27)17(11)19(21)25/h2-7H,8H2,1H3. The molecule has 0 unspecified atom stereocenters. The molecule has 1 aliphatic rings. The summed E-state index contributed by atoms with van der Waals surface area (Å²) in [5, 5.41) is 12.1. The average Bonchev–Trinajstić information content (AvgIpc) is 2.88. The number of halogens is 1. The Bertz CT molecular complexity index is 1260. The zero-order chi connectivity index (χ0) is 20.2. The number of hydrogen-bond acceptors (Lipinski definition) is 6.